The van der Waals surface area contributed by atoms with Crippen LogP contribution >= 0.6 is 0 Å². The van der Waals surface area contributed by atoms with Gasteiger partial charge in [-0.1, -0.05) is 0 Å². The third-order valence-electron chi connectivity index (χ3n) is 6.43. The Morgan fingerprint density at radius 3 is 2.67 bits per heavy atom. The van der Waals surface area contributed by atoms with Crippen molar-refractivity contribution in [2.75, 3.05) is 26.0 Å². The second-order valence-corrected chi connectivity index (χ2v) is 10.3. The Kier molecular flexibility index (Phi) is 6.26. The number of piperidine rings is 1. The van der Waals surface area contributed by atoms with Crippen molar-refractivity contribution in [2.45, 2.75) is 69.6 Å². The molecule has 4 aliphatic rings. The highest BCUT2D eigenvalue weighted by Crippen LogP contribution is 2.39. The molecule has 2 unspecified atom stereocenters. The molecule has 0 spiro atoms. The second kappa shape index (κ2) is 8.76. The molecule has 4 heterocycles. The van der Waals surface area contributed by atoms with Crippen LogP contribution in [0.25, 0.3) is 0 Å². The molecule has 2 bridgehead atoms. The molecule has 0 radical (unpaired) electrons. The summed E-state index contributed by atoms with van der Waals surface area (Å²) in [6.45, 7) is 2.69. The molecule has 1 saturated carbocycles. The smallest absolute Gasteiger partial charge is 0.260 e. The van der Waals surface area contributed by atoms with Gasteiger partial charge in [-0.25, -0.2) is 23.1 Å². The molecule has 1 aromatic heterocycles. The summed E-state index contributed by atoms with van der Waals surface area (Å²) in [5.41, 5.74) is 1.88. The van der Waals surface area contributed by atoms with E-state index >= 15 is 0 Å². The Bertz CT molecular complexity index is 885. The maximum atomic E-state index is 13.1. The van der Waals surface area contributed by atoms with Crippen LogP contribution in [0, 0.1) is 6.92 Å². The molecule has 1 aliphatic carbocycles. The summed E-state index contributed by atoms with van der Waals surface area (Å²) < 4.78 is 38.6. The predicted octanol–water partition coefficient (Wildman–Crippen LogP) is 1.13. The Balaban J connectivity index is 1.63. The number of nitrogens with one attached hydrogen (secondary N) is 1. The van der Waals surface area contributed by atoms with E-state index in [-0.39, 0.29) is 30.7 Å². The average molecular weight is 439 g/mol. The minimum absolute atomic E-state index is 0.106. The van der Waals surface area contributed by atoms with E-state index in [0.29, 0.717) is 31.4 Å². The molecule has 1 N–H and O–H groups in total. The molecule has 5 rings (SSSR count). The lowest BCUT2D eigenvalue weighted by Crippen LogP contribution is -2.59. The number of amides is 1. The van der Waals surface area contributed by atoms with Crippen LogP contribution in [0.15, 0.2) is 6.33 Å². The number of rotatable bonds is 2. The van der Waals surface area contributed by atoms with Crippen molar-refractivity contribution < 1.29 is 22.7 Å². The first-order valence-corrected chi connectivity index (χ1v) is 12.5. The molecule has 1 amide bonds. The van der Waals surface area contributed by atoms with Gasteiger partial charge in [0.15, 0.2) is 6.61 Å². The number of ether oxygens (including phenoxy) is 2. The first kappa shape index (κ1) is 21.5. The molecule has 2 atom stereocenters. The van der Waals surface area contributed by atoms with E-state index in [1.54, 1.807) is 4.90 Å². The highest BCUT2D eigenvalue weighted by molar-refractivity contribution is 7.88. The standard InChI is InChI=1S/C20H30N4O5S/c1-13-19-14-5-7-15(8-6-14)28-10-17-16(23-30(2,26)27)4-3-9-24(17)18(25)11-29-20(19)22-12-21-13/h12,14-17,23H,3-11H2,1-2H3. The molecule has 1 aromatic rings. The largest absolute Gasteiger partial charge is 0.467 e. The summed E-state index contributed by atoms with van der Waals surface area (Å²) in [5, 5.41) is 0. The van der Waals surface area contributed by atoms with Gasteiger partial charge in [0, 0.05) is 23.8 Å². The first-order chi connectivity index (χ1) is 14.3. The van der Waals surface area contributed by atoms with Gasteiger partial charge in [-0.05, 0) is 51.4 Å². The van der Waals surface area contributed by atoms with Crippen molar-refractivity contribution in [1.29, 1.82) is 0 Å². The van der Waals surface area contributed by atoms with Crippen molar-refractivity contribution in [3.63, 3.8) is 0 Å². The van der Waals surface area contributed by atoms with Crippen molar-refractivity contribution in [3.8, 4) is 5.88 Å². The lowest BCUT2D eigenvalue weighted by atomic mass is 9.82. The van der Waals surface area contributed by atoms with Crippen LogP contribution in [0.4, 0.5) is 0 Å². The molecular weight excluding hydrogens is 408 g/mol. The Morgan fingerprint density at radius 2 is 1.93 bits per heavy atom. The van der Waals surface area contributed by atoms with Gasteiger partial charge in [-0.15, -0.1) is 0 Å². The van der Waals surface area contributed by atoms with Crippen LogP contribution in [-0.2, 0) is 19.6 Å². The van der Waals surface area contributed by atoms with Gasteiger partial charge in [0.1, 0.15) is 6.33 Å². The molecular formula is C20H30N4O5S. The Hall–Kier alpha value is -1.78. The zero-order chi connectivity index (χ0) is 21.3. The lowest BCUT2D eigenvalue weighted by Gasteiger charge is -2.41. The van der Waals surface area contributed by atoms with Gasteiger partial charge < -0.3 is 14.4 Å². The van der Waals surface area contributed by atoms with Gasteiger partial charge in [0.05, 0.1) is 25.0 Å². The molecule has 2 fully saturated rings. The maximum absolute atomic E-state index is 13.1. The number of hydrogen-bond donors (Lipinski definition) is 1. The highest BCUT2D eigenvalue weighted by atomic mass is 32.2. The normalized spacial score (nSPS) is 30.3. The quantitative estimate of drug-likeness (QED) is 0.737. The zero-order valence-electron chi connectivity index (χ0n) is 17.5. The number of aromatic nitrogens is 2. The van der Waals surface area contributed by atoms with Crippen molar-refractivity contribution in [2.24, 2.45) is 0 Å². The number of sulfonamides is 1. The Labute approximate surface area is 177 Å². The van der Waals surface area contributed by atoms with Crippen LogP contribution in [0.2, 0.25) is 0 Å². The summed E-state index contributed by atoms with van der Waals surface area (Å²) >= 11 is 0. The topological polar surface area (TPSA) is 111 Å². The van der Waals surface area contributed by atoms with E-state index in [4.69, 9.17) is 9.47 Å². The molecule has 0 aromatic carbocycles. The monoisotopic (exact) mass is 438 g/mol. The summed E-state index contributed by atoms with van der Waals surface area (Å²) in [7, 11) is -3.40. The summed E-state index contributed by atoms with van der Waals surface area (Å²) in [6.07, 6.45) is 7.83. The molecule has 1 saturated heterocycles. The van der Waals surface area contributed by atoms with E-state index in [2.05, 4.69) is 14.7 Å². The van der Waals surface area contributed by atoms with Gasteiger partial charge in [-0.3, -0.25) is 4.79 Å². The summed E-state index contributed by atoms with van der Waals surface area (Å²) in [6, 6.07) is -0.717. The third kappa shape index (κ3) is 4.76. The lowest BCUT2D eigenvalue weighted by molar-refractivity contribution is -0.140. The molecule has 30 heavy (non-hydrogen) atoms. The number of hydrogen-bond acceptors (Lipinski definition) is 7. The van der Waals surface area contributed by atoms with E-state index < -0.39 is 10.0 Å². The molecule has 3 aliphatic heterocycles. The van der Waals surface area contributed by atoms with Gasteiger partial charge >= 0.3 is 0 Å². The van der Waals surface area contributed by atoms with Crippen molar-refractivity contribution >= 4 is 15.9 Å². The minimum Gasteiger partial charge on any atom is -0.467 e. The molecule has 166 valence electrons. The van der Waals surface area contributed by atoms with Crippen LogP contribution in [0.1, 0.15) is 55.7 Å². The molecule has 10 heteroatoms. The molecule has 9 nitrogen and oxygen atoms in total. The second-order valence-electron chi connectivity index (χ2n) is 8.57. The maximum Gasteiger partial charge on any atom is 0.260 e. The average Bonchev–Trinajstić information content (AvgIpc) is 2.71. The highest BCUT2D eigenvalue weighted by Gasteiger charge is 2.38. The minimum atomic E-state index is -3.40. The van der Waals surface area contributed by atoms with Crippen molar-refractivity contribution in [3.05, 3.63) is 17.6 Å². The fourth-order valence-corrected chi connectivity index (χ4v) is 5.82. The summed E-state index contributed by atoms with van der Waals surface area (Å²) in [4.78, 5) is 23.4. The summed E-state index contributed by atoms with van der Waals surface area (Å²) in [5.74, 6) is 0.593. The fraction of sp³-hybridized carbons (Fsp3) is 0.750. The van der Waals surface area contributed by atoms with Gasteiger partial charge in [-0.2, -0.15) is 0 Å². The van der Waals surface area contributed by atoms with Crippen LogP contribution in [0.3, 0.4) is 0 Å². The van der Waals surface area contributed by atoms with Gasteiger partial charge in [0.25, 0.3) is 5.91 Å². The first-order valence-electron chi connectivity index (χ1n) is 10.6. The zero-order valence-corrected chi connectivity index (χ0v) is 18.4. The SMILES string of the molecule is Cc1ncnc2c1C1CCC(CC1)OCC1C(NS(C)(=O)=O)CCCN1C(=O)CO2. The number of nitrogens with zero attached hydrogens (tertiary/aromatic N) is 3. The van der Waals surface area contributed by atoms with Crippen LogP contribution in [-0.4, -0.2) is 73.4 Å². The number of carbonyl (C=O) groups excluding carboxylic acids is 1. The van der Waals surface area contributed by atoms with Gasteiger partial charge in [0.2, 0.25) is 15.9 Å². The van der Waals surface area contributed by atoms with Crippen LogP contribution in [0.5, 0.6) is 5.88 Å². The fourth-order valence-electron chi connectivity index (χ4n) is 5.00. The van der Waals surface area contributed by atoms with E-state index in [1.807, 2.05) is 6.92 Å². The Morgan fingerprint density at radius 1 is 1.17 bits per heavy atom. The number of aryl methyl sites for hydroxylation is 1. The van der Waals surface area contributed by atoms with E-state index in [0.717, 1.165) is 49.6 Å². The van der Waals surface area contributed by atoms with Crippen LogP contribution < -0.4 is 9.46 Å². The number of carbonyl (C=O) groups is 1. The predicted molar refractivity (Wildman–Crippen MR) is 110 cm³/mol. The van der Waals surface area contributed by atoms with Crippen molar-refractivity contribution in [1.82, 2.24) is 19.6 Å². The number of fused-ring (bicyclic) bond motifs is 5. The van der Waals surface area contributed by atoms with E-state index in [1.165, 1.54) is 6.33 Å². The van der Waals surface area contributed by atoms with E-state index in [9.17, 15) is 13.2 Å². The third-order valence-corrected chi connectivity index (χ3v) is 7.16.